The lowest BCUT2D eigenvalue weighted by Crippen LogP contribution is -1.99. The number of aromatic carboxylic acids is 1. The molecule has 2 aromatic rings. The number of aryl methyl sites for hydroxylation is 2. The summed E-state index contributed by atoms with van der Waals surface area (Å²) in [4.78, 5) is 10.9. The van der Waals surface area contributed by atoms with Crippen molar-refractivity contribution in [3.8, 4) is 17.2 Å². The molecule has 0 amide bonds. The van der Waals surface area contributed by atoms with Gasteiger partial charge in [-0.3, -0.25) is 0 Å². The second-order valence-corrected chi connectivity index (χ2v) is 5.04. The van der Waals surface area contributed by atoms with E-state index in [1.165, 1.54) is 0 Å². The first kappa shape index (κ1) is 16.7. The fraction of sp³-hybridized carbons (Fsp3) is 0.278. The molecule has 0 unspecified atom stereocenters. The number of carboxylic acids is 1. The van der Waals surface area contributed by atoms with Gasteiger partial charge in [-0.15, -0.1) is 0 Å². The highest BCUT2D eigenvalue weighted by Crippen LogP contribution is 2.38. The summed E-state index contributed by atoms with van der Waals surface area (Å²) < 4.78 is 16.0. The molecule has 0 aromatic heterocycles. The SMILES string of the molecule is COc1cc(CCc2ccc(C(=O)O)cc2)cc(OC)c1OC. The van der Waals surface area contributed by atoms with Crippen LogP contribution in [0.5, 0.6) is 17.2 Å². The number of carbonyl (C=O) groups is 1. The molecule has 0 radical (unpaired) electrons. The Morgan fingerprint density at radius 1 is 0.870 bits per heavy atom. The molecule has 23 heavy (non-hydrogen) atoms. The van der Waals surface area contributed by atoms with Gasteiger partial charge in [0.2, 0.25) is 5.75 Å². The van der Waals surface area contributed by atoms with E-state index in [4.69, 9.17) is 19.3 Å². The molecule has 2 rings (SSSR count). The molecule has 5 heteroatoms. The molecule has 0 aliphatic heterocycles. The molecule has 0 bridgehead atoms. The predicted octanol–water partition coefficient (Wildman–Crippen LogP) is 3.20. The molecule has 0 spiro atoms. The van der Waals surface area contributed by atoms with E-state index in [2.05, 4.69) is 0 Å². The van der Waals surface area contributed by atoms with E-state index in [0.29, 0.717) is 22.8 Å². The first-order valence-corrected chi connectivity index (χ1v) is 7.20. The Morgan fingerprint density at radius 2 is 1.39 bits per heavy atom. The van der Waals surface area contributed by atoms with E-state index < -0.39 is 5.97 Å². The Morgan fingerprint density at radius 3 is 1.83 bits per heavy atom. The van der Waals surface area contributed by atoms with Crippen molar-refractivity contribution >= 4 is 5.97 Å². The molecule has 0 fully saturated rings. The van der Waals surface area contributed by atoms with Gasteiger partial charge in [0.15, 0.2) is 11.5 Å². The third-order valence-electron chi connectivity index (χ3n) is 3.63. The van der Waals surface area contributed by atoms with Crippen LogP contribution in [0, 0.1) is 0 Å². The number of benzene rings is 2. The van der Waals surface area contributed by atoms with E-state index in [1.807, 2.05) is 24.3 Å². The molecule has 2 aromatic carbocycles. The zero-order chi connectivity index (χ0) is 16.8. The predicted molar refractivity (Wildman–Crippen MR) is 86.9 cm³/mol. The first-order valence-electron chi connectivity index (χ1n) is 7.20. The van der Waals surface area contributed by atoms with Gasteiger partial charge in [0.05, 0.1) is 26.9 Å². The maximum atomic E-state index is 10.9. The van der Waals surface area contributed by atoms with Crippen molar-refractivity contribution in [1.29, 1.82) is 0 Å². The summed E-state index contributed by atoms with van der Waals surface area (Å²) in [5, 5.41) is 8.91. The zero-order valence-corrected chi connectivity index (χ0v) is 13.5. The Bertz CT molecular complexity index is 651. The van der Waals surface area contributed by atoms with Crippen LogP contribution in [0.25, 0.3) is 0 Å². The number of hydrogen-bond donors (Lipinski definition) is 1. The van der Waals surface area contributed by atoms with Crippen LogP contribution in [-0.4, -0.2) is 32.4 Å². The Kier molecular flexibility index (Phi) is 5.46. The topological polar surface area (TPSA) is 65.0 Å². The quantitative estimate of drug-likeness (QED) is 0.850. The van der Waals surface area contributed by atoms with Crippen molar-refractivity contribution in [3.63, 3.8) is 0 Å². The van der Waals surface area contributed by atoms with Crippen LogP contribution >= 0.6 is 0 Å². The summed E-state index contributed by atoms with van der Waals surface area (Å²) in [5.41, 5.74) is 2.42. The summed E-state index contributed by atoms with van der Waals surface area (Å²) >= 11 is 0. The Labute approximate surface area is 135 Å². The first-order chi connectivity index (χ1) is 11.1. The normalized spacial score (nSPS) is 10.2. The zero-order valence-electron chi connectivity index (χ0n) is 13.5. The molecule has 0 saturated carbocycles. The molecule has 0 atom stereocenters. The van der Waals surface area contributed by atoms with E-state index in [9.17, 15) is 4.79 Å². The van der Waals surface area contributed by atoms with E-state index >= 15 is 0 Å². The van der Waals surface area contributed by atoms with Crippen molar-refractivity contribution in [2.75, 3.05) is 21.3 Å². The van der Waals surface area contributed by atoms with Crippen molar-refractivity contribution in [2.24, 2.45) is 0 Å². The van der Waals surface area contributed by atoms with Crippen molar-refractivity contribution in [3.05, 3.63) is 53.1 Å². The van der Waals surface area contributed by atoms with Crippen LogP contribution in [0.1, 0.15) is 21.5 Å². The van der Waals surface area contributed by atoms with Gasteiger partial charge >= 0.3 is 5.97 Å². The van der Waals surface area contributed by atoms with Gasteiger partial charge in [-0.2, -0.15) is 0 Å². The van der Waals surface area contributed by atoms with Crippen LogP contribution in [0.15, 0.2) is 36.4 Å². The van der Waals surface area contributed by atoms with Gasteiger partial charge in [-0.05, 0) is 48.2 Å². The third kappa shape index (κ3) is 3.94. The molecule has 5 nitrogen and oxygen atoms in total. The minimum absolute atomic E-state index is 0.293. The lowest BCUT2D eigenvalue weighted by Gasteiger charge is -2.14. The lowest BCUT2D eigenvalue weighted by atomic mass is 10.0. The van der Waals surface area contributed by atoms with Crippen LogP contribution in [0.3, 0.4) is 0 Å². The highest BCUT2D eigenvalue weighted by atomic mass is 16.5. The van der Waals surface area contributed by atoms with E-state index in [0.717, 1.165) is 24.0 Å². The van der Waals surface area contributed by atoms with Crippen LogP contribution in [-0.2, 0) is 12.8 Å². The monoisotopic (exact) mass is 316 g/mol. The van der Waals surface area contributed by atoms with E-state index in [-0.39, 0.29) is 0 Å². The molecule has 1 N–H and O–H groups in total. The molecular formula is C18H20O5. The average molecular weight is 316 g/mol. The Balaban J connectivity index is 2.15. The minimum atomic E-state index is -0.916. The molecule has 0 heterocycles. The van der Waals surface area contributed by atoms with Gasteiger partial charge in [0, 0.05) is 0 Å². The number of carboxylic acid groups (broad SMARTS) is 1. The van der Waals surface area contributed by atoms with Crippen LogP contribution in [0.2, 0.25) is 0 Å². The molecular weight excluding hydrogens is 296 g/mol. The smallest absolute Gasteiger partial charge is 0.335 e. The fourth-order valence-electron chi connectivity index (χ4n) is 2.38. The summed E-state index contributed by atoms with van der Waals surface area (Å²) in [6.45, 7) is 0. The highest BCUT2D eigenvalue weighted by Gasteiger charge is 2.13. The van der Waals surface area contributed by atoms with Crippen molar-refractivity contribution in [1.82, 2.24) is 0 Å². The number of ether oxygens (including phenoxy) is 3. The summed E-state index contributed by atoms with van der Waals surface area (Å²) in [7, 11) is 4.75. The summed E-state index contributed by atoms with van der Waals surface area (Å²) in [6, 6.07) is 10.8. The standard InChI is InChI=1S/C18H20O5/c1-21-15-10-13(11-16(22-2)17(15)23-3)5-4-12-6-8-14(9-7-12)18(19)20/h6-11H,4-5H2,1-3H3,(H,19,20). The Hall–Kier alpha value is -2.69. The van der Waals surface area contributed by atoms with Crippen LogP contribution in [0.4, 0.5) is 0 Å². The largest absolute Gasteiger partial charge is 0.493 e. The van der Waals surface area contributed by atoms with Crippen molar-refractivity contribution in [2.45, 2.75) is 12.8 Å². The van der Waals surface area contributed by atoms with Gasteiger partial charge in [0.1, 0.15) is 0 Å². The van der Waals surface area contributed by atoms with Gasteiger partial charge in [-0.1, -0.05) is 12.1 Å². The molecule has 0 aliphatic carbocycles. The molecule has 0 aliphatic rings. The highest BCUT2D eigenvalue weighted by molar-refractivity contribution is 5.87. The molecule has 122 valence electrons. The third-order valence-corrected chi connectivity index (χ3v) is 3.63. The maximum absolute atomic E-state index is 10.9. The average Bonchev–Trinajstić information content (AvgIpc) is 2.59. The molecule has 0 saturated heterocycles. The summed E-state index contributed by atoms with van der Waals surface area (Å²) in [6.07, 6.45) is 1.57. The lowest BCUT2D eigenvalue weighted by molar-refractivity contribution is 0.0697. The van der Waals surface area contributed by atoms with Gasteiger partial charge in [-0.25, -0.2) is 4.79 Å². The second-order valence-electron chi connectivity index (χ2n) is 5.04. The number of methoxy groups -OCH3 is 3. The van der Waals surface area contributed by atoms with Gasteiger partial charge in [0.25, 0.3) is 0 Å². The van der Waals surface area contributed by atoms with Crippen molar-refractivity contribution < 1.29 is 24.1 Å². The summed E-state index contributed by atoms with van der Waals surface area (Å²) in [5.74, 6) is 0.914. The van der Waals surface area contributed by atoms with Crippen LogP contribution < -0.4 is 14.2 Å². The minimum Gasteiger partial charge on any atom is -0.493 e. The number of hydrogen-bond acceptors (Lipinski definition) is 4. The number of rotatable bonds is 7. The maximum Gasteiger partial charge on any atom is 0.335 e. The van der Waals surface area contributed by atoms with Gasteiger partial charge < -0.3 is 19.3 Å². The fourth-order valence-corrected chi connectivity index (χ4v) is 2.38. The van der Waals surface area contributed by atoms with E-state index in [1.54, 1.807) is 33.5 Å². The second kappa shape index (κ2) is 7.54.